The van der Waals surface area contributed by atoms with Crippen molar-refractivity contribution in [2.75, 3.05) is 6.61 Å². The molecule has 0 aromatic heterocycles. The van der Waals surface area contributed by atoms with E-state index < -0.39 is 0 Å². The molecule has 1 amide bonds. The van der Waals surface area contributed by atoms with E-state index in [9.17, 15) is 4.79 Å². The lowest BCUT2D eigenvalue weighted by atomic mass is 10.0. The van der Waals surface area contributed by atoms with Gasteiger partial charge in [0.2, 0.25) is 0 Å². The summed E-state index contributed by atoms with van der Waals surface area (Å²) in [6.45, 7) is 5.92. The van der Waals surface area contributed by atoms with Crippen molar-refractivity contribution in [2.24, 2.45) is 0 Å². The molecule has 3 nitrogen and oxygen atoms in total. The fraction of sp³-hybridized carbons (Fsp3) is 0.462. The number of rotatable bonds is 5. The maximum absolute atomic E-state index is 11.7. The lowest BCUT2D eigenvalue weighted by molar-refractivity contribution is -0.124. The highest BCUT2D eigenvalue weighted by molar-refractivity contribution is 9.10. The van der Waals surface area contributed by atoms with Gasteiger partial charge in [-0.2, -0.15) is 0 Å². The average molecular weight is 335 g/mol. The molecule has 0 fully saturated rings. The second kappa shape index (κ2) is 6.43. The molecule has 1 aromatic rings. The number of hydrogen-bond acceptors (Lipinski definition) is 2. The van der Waals surface area contributed by atoms with Crippen LogP contribution in [0.3, 0.4) is 0 Å². The zero-order valence-electron chi connectivity index (χ0n) is 10.7. The molecule has 0 aliphatic carbocycles. The average Bonchev–Trinajstić information content (AvgIpc) is 2.27. The van der Waals surface area contributed by atoms with E-state index in [1.165, 1.54) is 0 Å². The first kappa shape index (κ1) is 15.3. The Bertz CT molecular complexity index is 435. The minimum Gasteiger partial charge on any atom is -0.482 e. The molecular weight excluding hydrogens is 318 g/mol. The third kappa shape index (κ3) is 4.86. The molecule has 1 aromatic carbocycles. The Morgan fingerprint density at radius 2 is 2.17 bits per heavy atom. The fourth-order valence-corrected chi connectivity index (χ4v) is 1.97. The van der Waals surface area contributed by atoms with Crippen molar-refractivity contribution in [1.82, 2.24) is 5.32 Å². The van der Waals surface area contributed by atoms with Gasteiger partial charge in [-0.3, -0.25) is 4.79 Å². The minimum atomic E-state index is -0.218. The van der Waals surface area contributed by atoms with Gasteiger partial charge in [0.05, 0.1) is 5.02 Å². The smallest absolute Gasteiger partial charge is 0.258 e. The lowest BCUT2D eigenvalue weighted by Crippen LogP contribution is -2.44. The third-order valence-corrected chi connectivity index (χ3v) is 3.40. The van der Waals surface area contributed by atoms with Gasteiger partial charge in [0.25, 0.3) is 5.91 Å². The van der Waals surface area contributed by atoms with E-state index in [2.05, 4.69) is 21.2 Å². The standard InChI is InChI=1S/C13H17BrClNO2/c1-4-13(2,3)16-12(17)8-18-11-6-5-9(14)7-10(11)15/h5-7H,4,8H2,1-3H3,(H,16,17). The number of carbonyl (C=O) groups is 1. The van der Waals surface area contributed by atoms with Gasteiger partial charge in [-0.1, -0.05) is 34.5 Å². The van der Waals surface area contributed by atoms with Gasteiger partial charge in [-0.15, -0.1) is 0 Å². The first-order valence-corrected chi connectivity index (χ1v) is 6.90. The maximum Gasteiger partial charge on any atom is 0.258 e. The lowest BCUT2D eigenvalue weighted by Gasteiger charge is -2.24. The number of hydrogen-bond donors (Lipinski definition) is 1. The number of nitrogens with one attached hydrogen (secondary N) is 1. The molecular formula is C13H17BrClNO2. The summed E-state index contributed by atoms with van der Waals surface area (Å²) in [5.41, 5.74) is -0.218. The molecule has 0 unspecified atom stereocenters. The molecule has 0 heterocycles. The summed E-state index contributed by atoms with van der Waals surface area (Å²) >= 11 is 9.29. The monoisotopic (exact) mass is 333 g/mol. The molecule has 1 N–H and O–H groups in total. The van der Waals surface area contributed by atoms with Crippen molar-refractivity contribution in [3.8, 4) is 5.75 Å². The SMILES string of the molecule is CCC(C)(C)NC(=O)COc1ccc(Br)cc1Cl. The van der Waals surface area contributed by atoms with Gasteiger partial charge in [0.15, 0.2) is 6.61 Å². The van der Waals surface area contributed by atoms with Crippen molar-refractivity contribution in [1.29, 1.82) is 0 Å². The zero-order valence-corrected chi connectivity index (χ0v) is 13.1. The summed E-state index contributed by atoms with van der Waals surface area (Å²) in [4.78, 5) is 11.7. The van der Waals surface area contributed by atoms with E-state index >= 15 is 0 Å². The molecule has 0 spiro atoms. The highest BCUT2D eigenvalue weighted by Gasteiger charge is 2.18. The third-order valence-electron chi connectivity index (χ3n) is 2.61. The normalized spacial score (nSPS) is 11.2. The first-order valence-electron chi connectivity index (χ1n) is 5.73. The molecule has 0 atom stereocenters. The van der Waals surface area contributed by atoms with Crippen molar-refractivity contribution in [3.05, 3.63) is 27.7 Å². The Morgan fingerprint density at radius 3 is 2.72 bits per heavy atom. The highest BCUT2D eigenvalue weighted by Crippen LogP contribution is 2.27. The van der Waals surface area contributed by atoms with Crippen molar-refractivity contribution < 1.29 is 9.53 Å². The van der Waals surface area contributed by atoms with Crippen LogP contribution in [0.25, 0.3) is 0 Å². The van der Waals surface area contributed by atoms with E-state index in [4.69, 9.17) is 16.3 Å². The van der Waals surface area contributed by atoms with Crippen LogP contribution in [-0.4, -0.2) is 18.1 Å². The van der Waals surface area contributed by atoms with Crippen LogP contribution >= 0.6 is 27.5 Å². The quantitative estimate of drug-likeness (QED) is 0.890. The summed E-state index contributed by atoms with van der Waals surface area (Å²) in [5.74, 6) is 0.352. The van der Waals surface area contributed by atoms with Crippen LogP contribution < -0.4 is 10.1 Å². The van der Waals surface area contributed by atoms with E-state index in [-0.39, 0.29) is 18.1 Å². The van der Waals surface area contributed by atoms with Crippen LogP contribution in [0.2, 0.25) is 5.02 Å². The molecule has 0 bridgehead atoms. The molecule has 0 aliphatic heterocycles. The van der Waals surface area contributed by atoms with Crippen molar-refractivity contribution in [3.63, 3.8) is 0 Å². The number of halogens is 2. The predicted molar refractivity (Wildman–Crippen MR) is 77.2 cm³/mol. The van der Waals surface area contributed by atoms with Gasteiger partial charge in [0, 0.05) is 10.0 Å². The van der Waals surface area contributed by atoms with E-state index in [1.54, 1.807) is 12.1 Å². The van der Waals surface area contributed by atoms with Gasteiger partial charge < -0.3 is 10.1 Å². The Kier molecular flexibility index (Phi) is 5.47. The van der Waals surface area contributed by atoms with Crippen molar-refractivity contribution in [2.45, 2.75) is 32.7 Å². The number of ether oxygens (including phenoxy) is 1. The van der Waals surface area contributed by atoms with Crippen molar-refractivity contribution >= 4 is 33.4 Å². The predicted octanol–water partition coefficient (Wildman–Crippen LogP) is 3.79. The number of amides is 1. The second-order valence-electron chi connectivity index (χ2n) is 4.65. The molecule has 0 aliphatic rings. The Hall–Kier alpha value is -0.740. The summed E-state index contributed by atoms with van der Waals surface area (Å²) in [7, 11) is 0. The maximum atomic E-state index is 11.7. The largest absolute Gasteiger partial charge is 0.482 e. The van der Waals surface area contributed by atoms with Crippen LogP contribution in [-0.2, 0) is 4.79 Å². The Labute approximate surface area is 121 Å². The fourth-order valence-electron chi connectivity index (χ4n) is 1.24. The molecule has 5 heteroatoms. The molecule has 1 rings (SSSR count). The van der Waals surface area contributed by atoms with E-state index in [0.717, 1.165) is 10.9 Å². The van der Waals surface area contributed by atoms with Crippen LogP contribution in [0.4, 0.5) is 0 Å². The highest BCUT2D eigenvalue weighted by atomic mass is 79.9. The summed E-state index contributed by atoms with van der Waals surface area (Å²) in [6, 6.07) is 5.27. The van der Waals surface area contributed by atoms with Crippen LogP contribution in [0.15, 0.2) is 22.7 Å². The second-order valence-corrected chi connectivity index (χ2v) is 5.97. The van der Waals surface area contributed by atoms with Gasteiger partial charge >= 0.3 is 0 Å². The Morgan fingerprint density at radius 1 is 1.50 bits per heavy atom. The summed E-state index contributed by atoms with van der Waals surface area (Å²) in [5, 5.41) is 3.37. The number of benzene rings is 1. The van der Waals surface area contributed by atoms with E-state index in [1.807, 2.05) is 26.8 Å². The minimum absolute atomic E-state index is 0.0369. The first-order chi connectivity index (χ1) is 8.34. The molecule has 100 valence electrons. The topological polar surface area (TPSA) is 38.3 Å². The Balaban J connectivity index is 2.53. The molecule has 0 radical (unpaired) electrons. The van der Waals surface area contributed by atoms with E-state index in [0.29, 0.717) is 10.8 Å². The van der Waals surface area contributed by atoms with Crippen LogP contribution in [0.5, 0.6) is 5.75 Å². The summed E-state index contributed by atoms with van der Waals surface area (Å²) < 4.78 is 6.25. The van der Waals surface area contributed by atoms with Crippen LogP contribution in [0.1, 0.15) is 27.2 Å². The van der Waals surface area contributed by atoms with Gasteiger partial charge in [-0.05, 0) is 38.5 Å². The molecule has 0 saturated carbocycles. The number of carbonyl (C=O) groups excluding carboxylic acids is 1. The van der Waals surface area contributed by atoms with Crippen LogP contribution in [0, 0.1) is 0 Å². The van der Waals surface area contributed by atoms with Gasteiger partial charge in [0.1, 0.15) is 5.75 Å². The molecule has 0 saturated heterocycles. The summed E-state index contributed by atoms with van der Waals surface area (Å²) in [6.07, 6.45) is 0.859. The van der Waals surface area contributed by atoms with Gasteiger partial charge in [-0.25, -0.2) is 0 Å². The zero-order chi connectivity index (χ0) is 13.8. The molecule has 18 heavy (non-hydrogen) atoms.